The summed E-state index contributed by atoms with van der Waals surface area (Å²) < 4.78 is 0. The Morgan fingerprint density at radius 1 is 1.16 bits per heavy atom. The van der Waals surface area contributed by atoms with Gasteiger partial charge in [-0.15, -0.1) is 0 Å². The molecule has 4 nitrogen and oxygen atoms in total. The van der Waals surface area contributed by atoms with Crippen LogP contribution in [0.25, 0.3) is 10.9 Å². The van der Waals surface area contributed by atoms with Crippen LogP contribution in [0.1, 0.15) is 17.0 Å². The van der Waals surface area contributed by atoms with Crippen LogP contribution >= 0.6 is 0 Å². The Kier molecular flexibility index (Phi) is 3.09. The number of rotatable bonds is 4. The number of aromatic nitrogens is 3. The summed E-state index contributed by atoms with van der Waals surface area (Å²) in [5.41, 5.74) is 4.70. The molecule has 0 aliphatic heterocycles. The normalized spacial score (nSPS) is 11.5. The standard InChI is InChI=1S/C15H18N4/c1-11-7-14(18-17-11)10-19(2)9-12-3-4-13-5-6-16-15(13)8-12/h3-8,16H,9-10H2,1-2H3,(H,17,18). The fraction of sp³-hybridized carbons (Fsp3) is 0.267. The van der Waals surface area contributed by atoms with E-state index in [2.05, 4.69) is 57.5 Å². The molecule has 0 atom stereocenters. The number of aromatic amines is 2. The van der Waals surface area contributed by atoms with Crippen LogP contribution in [0.3, 0.4) is 0 Å². The van der Waals surface area contributed by atoms with Crippen molar-refractivity contribution in [3.63, 3.8) is 0 Å². The first kappa shape index (κ1) is 12.0. The van der Waals surface area contributed by atoms with Crippen molar-refractivity contribution in [3.05, 3.63) is 53.5 Å². The lowest BCUT2D eigenvalue weighted by atomic mass is 10.1. The Labute approximate surface area is 112 Å². The predicted octanol–water partition coefficient (Wildman–Crippen LogP) is 2.83. The third kappa shape index (κ3) is 2.69. The molecule has 0 amide bonds. The lowest BCUT2D eigenvalue weighted by Gasteiger charge is -2.15. The maximum absolute atomic E-state index is 4.27. The molecule has 1 aromatic carbocycles. The minimum absolute atomic E-state index is 0.854. The number of fused-ring (bicyclic) bond motifs is 1. The van der Waals surface area contributed by atoms with Gasteiger partial charge in [0.2, 0.25) is 0 Å². The smallest absolute Gasteiger partial charge is 0.0765 e. The summed E-state index contributed by atoms with van der Waals surface area (Å²) in [7, 11) is 2.11. The highest BCUT2D eigenvalue weighted by molar-refractivity contribution is 5.79. The highest BCUT2D eigenvalue weighted by Crippen LogP contribution is 2.15. The van der Waals surface area contributed by atoms with Gasteiger partial charge in [0.05, 0.1) is 5.69 Å². The topological polar surface area (TPSA) is 47.7 Å². The second-order valence-corrected chi connectivity index (χ2v) is 5.11. The number of hydrogen-bond donors (Lipinski definition) is 2. The van der Waals surface area contributed by atoms with Gasteiger partial charge in [0, 0.05) is 30.5 Å². The summed E-state index contributed by atoms with van der Waals surface area (Å²) >= 11 is 0. The van der Waals surface area contributed by atoms with Crippen molar-refractivity contribution < 1.29 is 0 Å². The lowest BCUT2D eigenvalue weighted by molar-refractivity contribution is 0.315. The van der Waals surface area contributed by atoms with Crippen LogP contribution in [0.4, 0.5) is 0 Å². The minimum Gasteiger partial charge on any atom is -0.361 e. The third-order valence-electron chi connectivity index (χ3n) is 3.26. The summed E-state index contributed by atoms with van der Waals surface area (Å²) in [6.45, 7) is 3.80. The van der Waals surface area contributed by atoms with Crippen LogP contribution in [0.2, 0.25) is 0 Å². The van der Waals surface area contributed by atoms with Crippen LogP contribution < -0.4 is 0 Å². The zero-order valence-corrected chi connectivity index (χ0v) is 11.3. The molecule has 2 N–H and O–H groups in total. The molecule has 0 spiro atoms. The molecule has 0 saturated heterocycles. The van der Waals surface area contributed by atoms with Crippen LogP contribution in [-0.4, -0.2) is 27.1 Å². The Hall–Kier alpha value is -2.07. The summed E-state index contributed by atoms with van der Waals surface area (Å²) in [6, 6.07) is 10.7. The predicted molar refractivity (Wildman–Crippen MR) is 76.8 cm³/mol. The van der Waals surface area contributed by atoms with Gasteiger partial charge in [0.25, 0.3) is 0 Å². The highest BCUT2D eigenvalue weighted by atomic mass is 15.2. The molecule has 0 fully saturated rings. The Morgan fingerprint density at radius 3 is 2.84 bits per heavy atom. The van der Waals surface area contributed by atoms with E-state index in [9.17, 15) is 0 Å². The van der Waals surface area contributed by atoms with E-state index >= 15 is 0 Å². The molecule has 0 aliphatic carbocycles. The van der Waals surface area contributed by atoms with E-state index in [0.717, 1.165) is 24.5 Å². The molecule has 98 valence electrons. The van der Waals surface area contributed by atoms with Crippen molar-refractivity contribution in [1.29, 1.82) is 0 Å². The van der Waals surface area contributed by atoms with Crippen molar-refractivity contribution >= 4 is 10.9 Å². The van der Waals surface area contributed by atoms with Crippen molar-refractivity contribution in [3.8, 4) is 0 Å². The quantitative estimate of drug-likeness (QED) is 0.752. The first-order chi connectivity index (χ1) is 9.20. The van der Waals surface area contributed by atoms with Gasteiger partial charge in [-0.05, 0) is 43.1 Å². The van der Waals surface area contributed by atoms with E-state index in [1.54, 1.807) is 0 Å². The Morgan fingerprint density at radius 2 is 2.05 bits per heavy atom. The monoisotopic (exact) mass is 254 g/mol. The van der Waals surface area contributed by atoms with Crippen molar-refractivity contribution in [2.75, 3.05) is 7.05 Å². The zero-order chi connectivity index (χ0) is 13.2. The molecule has 19 heavy (non-hydrogen) atoms. The van der Waals surface area contributed by atoms with Crippen LogP contribution in [0.5, 0.6) is 0 Å². The Balaban J connectivity index is 1.69. The summed E-state index contributed by atoms with van der Waals surface area (Å²) in [4.78, 5) is 5.51. The zero-order valence-electron chi connectivity index (χ0n) is 11.3. The molecule has 3 aromatic rings. The van der Waals surface area contributed by atoms with E-state index in [1.807, 2.05) is 13.1 Å². The lowest BCUT2D eigenvalue weighted by Crippen LogP contribution is -2.17. The average Bonchev–Trinajstić information content (AvgIpc) is 2.97. The van der Waals surface area contributed by atoms with Gasteiger partial charge in [-0.3, -0.25) is 10.00 Å². The highest BCUT2D eigenvalue weighted by Gasteiger charge is 2.05. The largest absolute Gasteiger partial charge is 0.361 e. The maximum atomic E-state index is 4.27. The molecule has 0 bridgehead atoms. The van der Waals surface area contributed by atoms with E-state index in [-0.39, 0.29) is 0 Å². The maximum Gasteiger partial charge on any atom is 0.0765 e. The van der Waals surface area contributed by atoms with Crippen LogP contribution in [0, 0.1) is 6.92 Å². The van der Waals surface area contributed by atoms with Crippen LogP contribution in [0.15, 0.2) is 36.5 Å². The summed E-state index contributed by atoms with van der Waals surface area (Å²) in [5.74, 6) is 0. The summed E-state index contributed by atoms with van der Waals surface area (Å²) in [6.07, 6.45) is 1.98. The number of H-pyrrole nitrogens is 2. The molecule has 2 heterocycles. The SMILES string of the molecule is Cc1cc(CN(C)Cc2ccc3cc[nH]c3c2)n[nH]1. The van der Waals surface area contributed by atoms with E-state index in [1.165, 1.54) is 16.5 Å². The van der Waals surface area contributed by atoms with E-state index in [4.69, 9.17) is 0 Å². The molecule has 4 heteroatoms. The number of aryl methyl sites for hydroxylation is 1. The number of hydrogen-bond acceptors (Lipinski definition) is 2. The third-order valence-corrected chi connectivity index (χ3v) is 3.26. The second-order valence-electron chi connectivity index (χ2n) is 5.11. The molecular weight excluding hydrogens is 236 g/mol. The van der Waals surface area contributed by atoms with Gasteiger partial charge in [0.15, 0.2) is 0 Å². The fourth-order valence-corrected chi connectivity index (χ4v) is 2.39. The Bertz CT molecular complexity index is 680. The summed E-state index contributed by atoms with van der Waals surface area (Å²) in [5, 5.41) is 8.50. The van der Waals surface area contributed by atoms with Gasteiger partial charge in [-0.2, -0.15) is 5.10 Å². The molecule has 3 rings (SSSR count). The van der Waals surface area contributed by atoms with Gasteiger partial charge in [0.1, 0.15) is 0 Å². The van der Waals surface area contributed by atoms with Crippen molar-refractivity contribution in [1.82, 2.24) is 20.1 Å². The van der Waals surface area contributed by atoms with Gasteiger partial charge < -0.3 is 4.98 Å². The molecular formula is C15H18N4. The molecule has 0 unspecified atom stereocenters. The van der Waals surface area contributed by atoms with E-state index < -0.39 is 0 Å². The minimum atomic E-state index is 0.854. The fourth-order valence-electron chi connectivity index (χ4n) is 2.39. The molecule has 2 aromatic heterocycles. The second kappa shape index (κ2) is 4.90. The van der Waals surface area contributed by atoms with E-state index in [0.29, 0.717) is 0 Å². The molecule has 0 aliphatic rings. The van der Waals surface area contributed by atoms with Crippen LogP contribution in [-0.2, 0) is 13.1 Å². The molecule has 0 saturated carbocycles. The van der Waals surface area contributed by atoms with Crippen molar-refractivity contribution in [2.24, 2.45) is 0 Å². The first-order valence-electron chi connectivity index (χ1n) is 6.46. The number of nitrogens with one attached hydrogen (secondary N) is 2. The van der Waals surface area contributed by atoms with Gasteiger partial charge in [-0.1, -0.05) is 12.1 Å². The van der Waals surface area contributed by atoms with Crippen molar-refractivity contribution in [2.45, 2.75) is 20.0 Å². The average molecular weight is 254 g/mol. The number of nitrogens with zero attached hydrogens (tertiary/aromatic N) is 2. The first-order valence-corrected chi connectivity index (χ1v) is 6.46. The van der Waals surface area contributed by atoms with Gasteiger partial charge in [-0.25, -0.2) is 0 Å². The number of benzene rings is 1. The van der Waals surface area contributed by atoms with Gasteiger partial charge >= 0.3 is 0 Å². The molecule has 0 radical (unpaired) electrons.